The number of nitrogens with zero attached hydrogens (tertiary/aromatic N) is 1. The van der Waals surface area contributed by atoms with Crippen LogP contribution in [0.5, 0.6) is 5.75 Å². The predicted molar refractivity (Wildman–Crippen MR) is 81.1 cm³/mol. The van der Waals surface area contributed by atoms with Crippen molar-refractivity contribution in [3.05, 3.63) is 64.6 Å². The maximum atomic E-state index is 13.5. The summed E-state index contributed by atoms with van der Waals surface area (Å²) in [7, 11) is 3.12. The van der Waals surface area contributed by atoms with Crippen molar-refractivity contribution in [2.75, 3.05) is 7.11 Å². The summed E-state index contributed by atoms with van der Waals surface area (Å²) in [6.07, 6.45) is 1.57. The van der Waals surface area contributed by atoms with Crippen LogP contribution in [0.3, 0.4) is 0 Å². The quantitative estimate of drug-likeness (QED) is 0.725. The van der Waals surface area contributed by atoms with E-state index in [0.717, 1.165) is 6.07 Å². The summed E-state index contributed by atoms with van der Waals surface area (Å²) in [5.74, 6) is -0.765. The molecule has 0 atom stereocenters. The van der Waals surface area contributed by atoms with E-state index in [0.29, 0.717) is 27.6 Å². The summed E-state index contributed by atoms with van der Waals surface area (Å²) in [4.78, 5) is 12.2. The fourth-order valence-corrected chi connectivity index (χ4v) is 2.51. The second-order valence-corrected chi connectivity index (χ2v) is 5.03. The van der Waals surface area contributed by atoms with Crippen molar-refractivity contribution < 1.29 is 13.5 Å². The van der Waals surface area contributed by atoms with Crippen LogP contribution >= 0.6 is 0 Å². The smallest absolute Gasteiger partial charge is 0.258 e. The number of ether oxygens (including phenoxy) is 1. The van der Waals surface area contributed by atoms with Gasteiger partial charge in [-0.25, -0.2) is 8.78 Å². The van der Waals surface area contributed by atoms with Gasteiger partial charge in [-0.2, -0.15) is 0 Å². The first-order chi connectivity index (χ1) is 10.5. The average molecular weight is 301 g/mol. The number of hydrogen-bond donors (Lipinski definition) is 0. The van der Waals surface area contributed by atoms with E-state index in [1.165, 1.54) is 23.8 Å². The number of rotatable bonds is 2. The maximum absolute atomic E-state index is 13.5. The zero-order chi connectivity index (χ0) is 15.9. The van der Waals surface area contributed by atoms with Gasteiger partial charge in [0.25, 0.3) is 5.56 Å². The molecule has 22 heavy (non-hydrogen) atoms. The topological polar surface area (TPSA) is 31.2 Å². The standard InChI is InChI=1S/C17H13F2NO2/c1-20-9-16(10-5-11(18)7-12(19)6-10)15-8-13(22-2)3-4-14(15)17(20)21/h3-9H,1-2H3. The second-order valence-electron chi connectivity index (χ2n) is 5.03. The van der Waals surface area contributed by atoms with Crippen LogP contribution in [0.15, 0.2) is 47.4 Å². The third-order valence-corrected chi connectivity index (χ3v) is 3.56. The first kappa shape index (κ1) is 14.3. The van der Waals surface area contributed by atoms with E-state index < -0.39 is 11.6 Å². The van der Waals surface area contributed by atoms with Crippen LogP contribution in [0.4, 0.5) is 8.78 Å². The fraction of sp³-hybridized carbons (Fsp3) is 0.118. The van der Waals surface area contributed by atoms with Crippen molar-refractivity contribution in [3.63, 3.8) is 0 Å². The van der Waals surface area contributed by atoms with Crippen molar-refractivity contribution >= 4 is 10.8 Å². The molecule has 3 rings (SSSR count). The first-order valence-electron chi connectivity index (χ1n) is 6.63. The molecule has 3 nitrogen and oxygen atoms in total. The predicted octanol–water partition coefficient (Wildman–Crippen LogP) is 3.49. The van der Waals surface area contributed by atoms with Gasteiger partial charge >= 0.3 is 0 Å². The van der Waals surface area contributed by atoms with Crippen LogP contribution < -0.4 is 10.3 Å². The molecule has 1 aromatic heterocycles. The Bertz CT molecular complexity index is 912. The molecule has 0 saturated heterocycles. The first-order valence-corrected chi connectivity index (χ1v) is 6.63. The SMILES string of the molecule is COc1ccc2c(=O)n(C)cc(-c3cc(F)cc(F)c3)c2c1. The van der Waals surface area contributed by atoms with Crippen LogP contribution in [0.2, 0.25) is 0 Å². The second kappa shape index (κ2) is 5.26. The summed E-state index contributed by atoms with van der Waals surface area (Å²) in [6.45, 7) is 0. The molecule has 0 saturated carbocycles. The number of halogens is 2. The molecule has 0 N–H and O–H groups in total. The Balaban J connectivity index is 2.41. The lowest BCUT2D eigenvalue weighted by atomic mass is 10.00. The summed E-state index contributed by atoms with van der Waals surface area (Å²) < 4.78 is 33.6. The lowest BCUT2D eigenvalue weighted by Gasteiger charge is -2.11. The molecule has 0 bridgehead atoms. The van der Waals surface area contributed by atoms with Crippen LogP contribution in [0.25, 0.3) is 21.9 Å². The van der Waals surface area contributed by atoms with Gasteiger partial charge in [0, 0.05) is 35.6 Å². The van der Waals surface area contributed by atoms with Crippen molar-refractivity contribution in [3.8, 4) is 16.9 Å². The molecular formula is C17H13F2NO2. The molecule has 2 aromatic carbocycles. The molecule has 3 aromatic rings. The molecule has 0 amide bonds. The van der Waals surface area contributed by atoms with Gasteiger partial charge in [0.2, 0.25) is 0 Å². The lowest BCUT2D eigenvalue weighted by Crippen LogP contribution is -2.16. The van der Waals surface area contributed by atoms with Crippen molar-refractivity contribution in [1.82, 2.24) is 4.57 Å². The Hall–Kier alpha value is -2.69. The van der Waals surface area contributed by atoms with Crippen LogP contribution in [-0.2, 0) is 7.05 Å². The number of hydrogen-bond acceptors (Lipinski definition) is 2. The highest BCUT2D eigenvalue weighted by Crippen LogP contribution is 2.30. The fourth-order valence-electron chi connectivity index (χ4n) is 2.51. The highest BCUT2D eigenvalue weighted by Gasteiger charge is 2.12. The van der Waals surface area contributed by atoms with Crippen molar-refractivity contribution in [2.24, 2.45) is 7.05 Å². The largest absolute Gasteiger partial charge is 0.497 e. The van der Waals surface area contributed by atoms with Crippen LogP contribution in [0, 0.1) is 11.6 Å². The maximum Gasteiger partial charge on any atom is 0.258 e. The molecule has 5 heteroatoms. The Morgan fingerprint density at radius 3 is 2.32 bits per heavy atom. The number of benzene rings is 2. The molecule has 1 heterocycles. The number of pyridine rings is 1. The van der Waals surface area contributed by atoms with Gasteiger partial charge in [0.05, 0.1) is 7.11 Å². The van der Waals surface area contributed by atoms with E-state index >= 15 is 0 Å². The normalized spacial score (nSPS) is 10.9. The molecule has 0 radical (unpaired) electrons. The zero-order valence-electron chi connectivity index (χ0n) is 12.1. The van der Waals surface area contributed by atoms with Crippen molar-refractivity contribution in [2.45, 2.75) is 0 Å². The zero-order valence-corrected chi connectivity index (χ0v) is 12.1. The van der Waals surface area contributed by atoms with E-state index in [1.54, 1.807) is 31.4 Å². The minimum atomic E-state index is -0.667. The average Bonchev–Trinajstić information content (AvgIpc) is 2.49. The summed E-state index contributed by atoms with van der Waals surface area (Å²) in [5, 5.41) is 1.05. The van der Waals surface area contributed by atoms with E-state index in [9.17, 15) is 13.6 Å². The molecule has 112 valence electrons. The van der Waals surface area contributed by atoms with E-state index in [1.807, 2.05) is 0 Å². The summed E-state index contributed by atoms with van der Waals surface area (Å²) in [6, 6.07) is 8.31. The van der Waals surface area contributed by atoms with Gasteiger partial charge < -0.3 is 9.30 Å². The Kier molecular flexibility index (Phi) is 3.41. The minimum Gasteiger partial charge on any atom is -0.497 e. The van der Waals surface area contributed by atoms with Crippen LogP contribution in [-0.4, -0.2) is 11.7 Å². The monoisotopic (exact) mass is 301 g/mol. The molecule has 0 unspecified atom stereocenters. The van der Waals surface area contributed by atoms with Gasteiger partial charge in [-0.3, -0.25) is 4.79 Å². The summed E-state index contributed by atoms with van der Waals surface area (Å²) in [5.41, 5.74) is 0.749. The van der Waals surface area contributed by atoms with Gasteiger partial charge in [-0.1, -0.05) is 0 Å². The Morgan fingerprint density at radius 2 is 1.68 bits per heavy atom. The number of aryl methyl sites for hydroxylation is 1. The third kappa shape index (κ3) is 2.35. The number of fused-ring (bicyclic) bond motifs is 1. The molecule has 0 aliphatic rings. The van der Waals surface area contributed by atoms with Gasteiger partial charge in [0.15, 0.2) is 0 Å². The minimum absolute atomic E-state index is 0.182. The van der Waals surface area contributed by atoms with E-state index in [-0.39, 0.29) is 5.56 Å². The van der Waals surface area contributed by atoms with Gasteiger partial charge in [-0.15, -0.1) is 0 Å². The lowest BCUT2D eigenvalue weighted by molar-refractivity contribution is 0.415. The Morgan fingerprint density at radius 1 is 1.00 bits per heavy atom. The number of aromatic nitrogens is 1. The molecule has 0 spiro atoms. The highest BCUT2D eigenvalue weighted by molar-refractivity contribution is 5.96. The number of methoxy groups -OCH3 is 1. The summed E-state index contributed by atoms with van der Waals surface area (Å²) >= 11 is 0. The van der Waals surface area contributed by atoms with Crippen LogP contribution in [0.1, 0.15) is 0 Å². The van der Waals surface area contributed by atoms with Gasteiger partial charge in [0.1, 0.15) is 17.4 Å². The van der Waals surface area contributed by atoms with Gasteiger partial charge in [-0.05, 0) is 35.9 Å². The molecule has 0 fully saturated rings. The highest BCUT2D eigenvalue weighted by atomic mass is 19.1. The van der Waals surface area contributed by atoms with E-state index in [4.69, 9.17) is 4.74 Å². The molecule has 0 aliphatic heterocycles. The molecule has 0 aliphatic carbocycles. The third-order valence-electron chi connectivity index (χ3n) is 3.56. The van der Waals surface area contributed by atoms with E-state index in [2.05, 4.69) is 0 Å². The molecular weight excluding hydrogens is 288 g/mol. The van der Waals surface area contributed by atoms with Crippen molar-refractivity contribution in [1.29, 1.82) is 0 Å². The Labute approximate surface area is 125 Å².